The Balaban J connectivity index is 1.95. The summed E-state index contributed by atoms with van der Waals surface area (Å²) in [6, 6.07) is 5.80. The Morgan fingerprint density at radius 3 is 2.44 bits per heavy atom. The van der Waals surface area contributed by atoms with Gasteiger partial charge in [0, 0.05) is 4.47 Å². The lowest BCUT2D eigenvalue weighted by Gasteiger charge is -2.12. The van der Waals surface area contributed by atoms with Crippen LogP contribution < -0.4 is 0 Å². The minimum atomic E-state index is -0.566. The summed E-state index contributed by atoms with van der Waals surface area (Å²) in [5.74, 6) is 0.962. The number of hydrogen-bond acceptors (Lipinski definition) is 1. The van der Waals surface area contributed by atoms with Crippen molar-refractivity contribution in [1.82, 2.24) is 0 Å². The van der Waals surface area contributed by atoms with E-state index in [0.29, 0.717) is 16.9 Å². The fourth-order valence-electron chi connectivity index (χ4n) is 3.27. The summed E-state index contributed by atoms with van der Waals surface area (Å²) in [6.07, 6.45) is 4.86. The topological polar surface area (TPSA) is 20.2 Å². The molecule has 16 heavy (non-hydrogen) atoms. The fourth-order valence-corrected chi connectivity index (χ4v) is 3.76. The van der Waals surface area contributed by atoms with Crippen LogP contribution in [0.1, 0.15) is 31.2 Å². The van der Waals surface area contributed by atoms with Gasteiger partial charge < -0.3 is 5.11 Å². The highest BCUT2D eigenvalue weighted by molar-refractivity contribution is 9.10. The summed E-state index contributed by atoms with van der Waals surface area (Å²) < 4.78 is 0.878. The van der Waals surface area contributed by atoms with Crippen LogP contribution >= 0.6 is 27.5 Å². The molecule has 1 aromatic carbocycles. The maximum atomic E-state index is 10.7. The zero-order chi connectivity index (χ0) is 11.3. The second kappa shape index (κ2) is 3.72. The minimum absolute atomic E-state index is 0.481. The number of aliphatic hydroxyl groups is 1. The standard InChI is InChI=1S/C13H14BrClO/c14-11-7-8(5-6-12(11)15)13(16)9-3-1-2-4-10(9)13/h5-7,9-10,16H,1-4H2. The minimum Gasteiger partial charge on any atom is -0.385 e. The van der Waals surface area contributed by atoms with Gasteiger partial charge in [-0.15, -0.1) is 0 Å². The van der Waals surface area contributed by atoms with E-state index in [1.54, 1.807) is 0 Å². The molecule has 2 unspecified atom stereocenters. The molecule has 2 saturated carbocycles. The number of hydrogen-bond donors (Lipinski definition) is 1. The largest absolute Gasteiger partial charge is 0.385 e. The number of rotatable bonds is 1. The number of benzene rings is 1. The van der Waals surface area contributed by atoms with E-state index in [1.165, 1.54) is 25.7 Å². The third-order valence-electron chi connectivity index (χ3n) is 4.17. The van der Waals surface area contributed by atoms with Crippen LogP contribution in [0.2, 0.25) is 5.02 Å². The maximum Gasteiger partial charge on any atom is 0.0960 e. The first kappa shape index (κ1) is 11.1. The van der Waals surface area contributed by atoms with Crippen LogP contribution in [0.4, 0.5) is 0 Å². The summed E-state index contributed by atoms with van der Waals surface area (Å²) in [4.78, 5) is 0. The lowest BCUT2D eigenvalue weighted by atomic mass is 10.0. The number of halogens is 2. The number of fused-ring (bicyclic) bond motifs is 1. The SMILES string of the molecule is OC1(c2ccc(Cl)c(Br)c2)C2CCCCC21. The Morgan fingerprint density at radius 1 is 1.25 bits per heavy atom. The molecule has 3 heteroatoms. The highest BCUT2D eigenvalue weighted by Crippen LogP contribution is 2.64. The fraction of sp³-hybridized carbons (Fsp3) is 0.538. The van der Waals surface area contributed by atoms with Crippen LogP contribution in [0.15, 0.2) is 22.7 Å². The summed E-state index contributed by atoms with van der Waals surface area (Å²) in [6.45, 7) is 0. The molecule has 0 bridgehead atoms. The first-order chi connectivity index (χ1) is 7.64. The van der Waals surface area contributed by atoms with Crippen LogP contribution in [0.3, 0.4) is 0 Å². The Labute approximate surface area is 109 Å². The lowest BCUT2D eigenvalue weighted by molar-refractivity contribution is 0.118. The third-order valence-corrected chi connectivity index (χ3v) is 5.38. The van der Waals surface area contributed by atoms with E-state index in [9.17, 15) is 5.11 Å². The molecule has 86 valence electrons. The molecule has 1 aromatic rings. The Kier molecular flexibility index (Phi) is 2.58. The molecule has 0 heterocycles. The summed E-state index contributed by atoms with van der Waals surface area (Å²) >= 11 is 9.40. The van der Waals surface area contributed by atoms with Crippen molar-refractivity contribution in [1.29, 1.82) is 0 Å². The van der Waals surface area contributed by atoms with Gasteiger partial charge in [0.1, 0.15) is 0 Å². The van der Waals surface area contributed by atoms with Gasteiger partial charge in [0.2, 0.25) is 0 Å². The maximum absolute atomic E-state index is 10.7. The molecule has 0 saturated heterocycles. The van der Waals surface area contributed by atoms with E-state index in [4.69, 9.17) is 11.6 Å². The van der Waals surface area contributed by atoms with E-state index in [1.807, 2.05) is 18.2 Å². The zero-order valence-electron chi connectivity index (χ0n) is 8.92. The normalized spacial score (nSPS) is 36.9. The van der Waals surface area contributed by atoms with Crippen molar-refractivity contribution >= 4 is 27.5 Å². The van der Waals surface area contributed by atoms with Crippen LogP contribution in [0.25, 0.3) is 0 Å². The van der Waals surface area contributed by atoms with Crippen LogP contribution in [-0.4, -0.2) is 5.11 Å². The molecule has 1 nitrogen and oxygen atoms in total. The molecule has 0 aliphatic heterocycles. The van der Waals surface area contributed by atoms with Gasteiger partial charge in [0.05, 0.1) is 10.6 Å². The lowest BCUT2D eigenvalue weighted by Crippen LogP contribution is -2.10. The average molecular weight is 302 g/mol. The van der Waals surface area contributed by atoms with Gasteiger partial charge in [-0.3, -0.25) is 0 Å². The monoisotopic (exact) mass is 300 g/mol. The van der Waals surface area contributed by atoms with E-state index < -0.39 is 5.60 Å². The summed E-state index contributed by atoms with van der Waals surface area (Å²) in [5.41, 5.74) is 0.463. The predicted octanol–water partition coefficient (Wildman–Crippen LogP) is 4.11. The Hall–Kier alpha value is -0.0500. The van der Waals surface area contributed by atoms with Crippen molar-refractivity contribution < 1.29 is 5.11 Å². The van der Waals surface area contributed by atoms with Gasteiger partial charge in [0.25, 0.3) is 0 Å². The average Bonchev–Trinajstić information content (AvgIpc) is 2.91. The smallest absolute Gasteiger partial charge is 0.0960 e. The molecular weight excluding hydrogens is 287 g/mol. The van der Waals surface area contributed by atoms with Gasteiger partial charge in [-0.2, -0.15) is 0 Å². The summed E-state index contributed by atoms with van der Waals surface area (Å²) in [5, 5.41) is 11.4. The van der Waals surface area contributed by atoms with Crippen molar-refractivity contribution in [3.8, 4) is 0 Å². The van der Waals surface area contributed by atoms with Gasteiger partial charge in [-0.1, -0.05) is 30.5 Å². The van der Waals surface area contributed by atoms with Crippen molar-refractivity contribution in [3.63, 3.8) is 0 Å². The van der Waals surface area contributed by atoms with Gasteiger partial charge in [0.15, 0.2) is 0 Å². The van der Waals surface area contributed by atoms with E-state index in [-0.39, 0.29) is 0 Å². The zero-order valence-corrected chi connectivity index (χ0v) is 11.3. The molecular formula is C13H14BrClO. The van der Waals surface area contributed by atoms with E-state index >= 15 is 0 Å². The third kappa shape index (κ3) is 1.47. The van der Waals surface area contributed by atoms with Crippen LogP contribution in [-0.2, 0) is 5.60 Å². The highest BCUT2D eigenvalue weighted by atomic mass is 79.9. The molecule has 0 radical (unpaired) electrons. The molecule has 0 aromatic heterocycles. The molecule has 3 rings (SSSR count). The van der Waals surface area contributed by atoms with Gasteiger partial charge in [-0.05, 0) is 58.3 Å². The van der Waals surface area contributed by atoms with E-state index in [2.05, 4.69) is 15.9 Å². The Bertz CT molecular complexity index is 420. The second-order valence-electron chi connectivity index (χ2n) is 4.95. The molecule has 0 spiro atoms. The molecule has 2 aliphatic rings. The molecule has 0 amide bonds. The van der Waals surface area contributed by atoms with Gasteiger partial charge in [-0.25, -0.2) is 0 Å². The van der Waals surface area contributed by atoms with Crippen molar-refractivity contribution in [3.05, 3.63) is 33.3 Å². The van der Waals surface area contributed by atoms with Crippen molar-refractivity contribution in [2.24, 2.45) is 11.8 Å². The van der Waals surface area contributed by atoms with E-state index in [0.717, 1.165) is 10.0 Å². The molecule has 2 fully saturated rings. The van der Waals surface area contributed by atoms with Gasteiger partial charge >= 0.3 is 0 Å². The molecule has 2 atom stereocenters. The highest BCUT2D eigenvalue weighted by Gasteiger charge is 2.64. The summed E-state index contributed by atoms with van der Waals surface area (Å²) in [7, 11) is 0. The second-order valence-corrected chi connectivity index (χ2v) is 6.21. The van der Waals surface area contributed by atoms with Crippen molar-refractivity contribution in [2.45, 2.75) is 31.3 Å². The first-order valence-corrected chi connectivity index (χ1v) is 6.99. The predicted molar refractivity (Wildman–Crippen MR) is 68.5 cm³/mol. The van der Waals surface area contributed by atoms with Crippen LogP contribution in [0.5, 0.6) is 0 Å². The van der Waals surface area contributed by atoms with Crippen LogP contribution in [0, 0.1) is 11.8 Å². The molecule has 2 aliphatic carbocycles. The Morgan fingerprint density at radius 2 is 1.88 bits per heavy atom. The molecule has 1 N–H and O–H groups in total. The quantitative estimate of drug-likeness (QED) is 0.827. The first-order valence-electron chi connectivity index (χ1n) is 5.82. The van der Waals surface area contributed by atoms with Crippen molar-refractivity contribution in [2.75, 3.05) is 0 Å².